The smallest absolute Gasteiger partial charge is 0.229 e. The molecule has 25 heavy (non-hydrogen) atoms. The lowest BCUT2D eigenvalue weighted by Crippen LogP contribution is -2.26. The van der Waals surface area contributed by atoms with E-state index in [1.807, 2.05) is 28.9 Å². The number of carbonyl (C=O) groups excluding carboxylic acids is 1. The average Bonchev–Trinajstić information content (AvgIpc) is 3.18. The molecule has 136 valence electrons. The molecule has 2 heterocycles. The number of amides is 1. The maximum absolute atomic E-state index is 12.5. The number of hydrogen-bond acceptors (Lipinski definition) is 3. The summed E-state index contributed by atoms with van der Waals surface area (Å²) in [6.45, 7) is 8.72. The third-order valence-corrected chi connectivity index (χ3v) is 4.41. The summed E-state index contributed by atoms with van der Waals surface area (Å²) in [7, 11) is 0. The molecule has 1 aromatic carbocycles. The van der Waals surface area contributed by atoms with Crippen molar-refractivity contribution in [3.63, 3.8) is 0 Å². The summed E-state index contributed by atoms with van der Waals surface area (Å²) in [5.74, 6) is 0.901. The molecule has 0 spiro atoms. The molecule has 1 aromatic heterocycles. The molecule has 1 aliphatic heterocycles. The largest absolute Gasteiger partial charge is 0.316 e. The maximum atomic E-state index is 12.5. The number of anilines is 1. The quantitative estimate of drug-likeness (QED) is 0.878. The van der Waals surface area contributed by atoms with Crippen LogP contribution in [0.25, 0.3) is 0 Å². The lowest BCUT2D eigenvalue weighted by molar-refractivity contribution is -0.119. The number of aromatic nitrogens is 2. The monoisotopic (exact) mass is 362 g/mol. The number of rotatable bonds is 4. The molecule has 1 saturated heterocycles. The van der Waals surface area contributed by atoms with E-state index in [2.05, 4.69) is 43.5 Å². The van der Waals surface area contributed by atoms with E-state index in [0.29, 0.717) is 6.54 Å². The molecule has 1 amide bonds. The van der Waals surface area contributed by atoms with Gasteiger partial charge in [-0.25, -0.2) is 4.68 Å². The fourth-order valence-electron chi connectivity index (χ4n) is 2.87. The van der Waals surface area contributed by atoms with Crippen molar-refractivity contribution >= 4 is 24.1 Å². The lowest BCUT2D eigenvalue weighted by Gasteiger charge is -2.14. The Labute approximate surface area is 155 Å². The normalized spacial score (nSPS) is 17.2. The molecule has 1 unspecified atom stereocenters. The zero-order valence-corrected chi connectivity index (χ0v) is 15.9. The maximum Gasteiger partial charge on any atom is 0.229 e. The van der Waals surface area contributed by atoms with Gasteiger partial charge in [0.15, 0.2) is 0 Å². The highest BCUT2D eigenvalue weighted by Crippen LogP contribution is 2.25. The van der Waals surface area contributed by atoms with Crippen molar-refractivity contribution in [2.24, 2.45) is 5.92 Å². The zero-order chi connectivity index (χ0) is 17.2. The molecule has 1 atom stereocenters. The van der Waals surface area contributed by atoms with E-state index in [-0.39, 0.29) is 29.6 Å². The molecule has 5 nitrogen and oxygen atoms in total. The number of hydrogen-bond donors (Lipinski definition) is 2. The summed E-state index contributed by atoms with van der Waals surface area (Å²) in [5, 5.41) is 11.1. The first kappa shape index (κ1) is 19.5. The van der Waals surface area contributed by atoms with Crippen molar-refractivity contribution in [1.29, 1.82) is 0 Å². The van der Waals surface area contributed by atoms with E-state index >= 15 is 0 Å². The topological polar surface area (TPSA) is 59.0 Å². The molecule has 1 aliphatic rings. The molecule has 0 bridgehead atoms. The van der Waals surface area contributed by atoms with Crippen molar-refractivity contribution < 1.29 is 4.79 Å². The Hall–Kier alpha value is -1.85. The summed E-state index contributed by atoms with van der Waals surface area (Å²) < 4.78 is 1.90. The number of benzene rings is 1. The van der Waals surface area contributed by atoms with Crippen LogP contribution in [0, 0.1) is 5.92 Å². The van der Waals surface area contributed by atoms with Gasteiger partial charge in [0.2, 0.25) is 5.91 Å². The summed E-state index contributed by atoms with van der Waals surface area (Å²) in [6.07, 6.45) is 0.894. The highest BCUT2D eigenvalue weighted by Gasteiger charge is 2.25. The van der Waals surface area contributed by atoms with Crippen LogP contribution >= 0.6 is 12.4 Å². The standard InChI is InChI=1S/C19H26N4O.ClH/c1-19(2,3)16-11-17(21-18(24)15-9-10-20-12-15)23(22-16)13-14-7-5-4-6-8-14;/h4-8,11,15,20H,9-10,12-13H2,1-3H3,(H,21,24);1H. The first-order chi connectivity index (χ1) is 11.4. The van der Waals surface area contributed by atoms with Gasteiger partial charge in [-0.2, -0.15) is 5.10 Å². The molecule has 3 rings (SSSR count). The van der Waals surface area contributed by atoms with Gasteiger partial charge < -0.3 is 10.6 Å². The fourth-order valence-corrected chi connectivity index (χ4v) is 2.87. The first-order valence-electron chi connectivity index (χ1n) is 8.57. The third kappa shape index (κ3) is 4.83. The van der Waals surface area contributed by atoms with Gasteiger partial charge in [0.25, 0.3) is 0 Å². The Morgan fingerprint density at radius 1 is 1.32 bits per heavy atom. The number of nitrogens with zero attached hydrogens (tertiary/aromatic N) is 2. The molecule has 1 fully saturated rings. The van der Waals surface area contributed by atoms with Gasteiger partial charge in [0.05, 0.1) is 18.2 Å². The summed E-state index contributed by atoms with van der Waals surface area (Å²) in [5.41, 5.74) is 2.09. The van der Waals surface area contributed by atoms with Crippen LogP contribution in [-0.4, -0.2) is 28.8 Å². The van der Waals surface area contributed by atoms with Gasteiger partial charge in [-0.05, 0) is 18.5 Å². The Balaban J connectivity index is 0.00000225. The van der Waals surface area contributed by atoms with Crippen molar-refractivity contribution in [3.05, 3.63) is 47.7 Å². The molecule has 0 aliphatic carbocycles. The van der Waals surface area contributed by atoms with E-state index in [9.17, 15) is 4.79 Å². The van der Waals surface area contributed by atoms with E-state index < -0.39 is 0 Å². The van der Waals surface area contributed by atoms with E-state index in [1.54, 1.807) is 0 Å². The van der Waals surface area contributed by atoms with Crippen LogP contribution in [0.5, 0.6) is 0 Å². The fraction of sp³-hybridized carbons (Fsp3) is 0.474. The molecular weight excluding hydrogens is 336 g/mol. The summed E-state index contributed by atoms with van der Waals surface area (Å²) in [4.78, 5) is 12.5. The second-order valence-corrected chi connectivity index (χ2v) is 7.49. The molecule has 2 aromatic rings. The van der Waals surface area contributed by atoms with E-state index in [4.69, 9.17) is 5.10 Å². The van der Waals surface area contributed by atoms with Gasteiger partial charge in [-0.3, -0.25) is 4.79 Å². The minimum atomic E-state index is -0.0592. The van der Waals surface area contributed by atoms with Gasteiger partial charge in [0, 0.05) is 18.0 Å². The van der Waals surface area contributed by atoms with Gasteiger partial charge in [0.1, 0.15) is 5.82 Å². The lowest BCUT2D eigenvalue weighted by atomic mass is 9.92. The Bertz CT molecular complexity index is 700. The van der Waals surface area contributed by atoms with E-state index in [0.717, 1.165) is 31.0 Å². The van der Waals surface area contributed by atoms with Crippen molar-refractivity contribution in [2.45, 2.75) is 39.2 Å². The second kappa shape index (κ2) is 8.02. The van der Waals surface area contributed by atoms with Crippen LogP contribution in [0.3, 0.4) is 0 Å². The average molecular weight is 363 g/mol. The number of carbonyl (C=O) groups is 1. The molecule has 0 radical (unpaired) electrons. The SMILES string of the molecule is CC(C)(C)c1cc(NC(=O)C2CCNC2)n(Cc2ccccc2)n1.Cl. The van der Waals surface area contributed by atoms with Crippen LogP contribution < -0.4 is 10.6 Å². The number of halogens is 1. The van der Waals surface area contributed by atoms with Crippen LogP contribution in [-0.2, 0) is 16.8 Å². The Morgan fingerprint density at radius 2 is 2.04 bits per heavy atom. The third-order valence-electron chi connectivity index (χ3n) is 4.41. The molecule has 6 heteroatoms. The Morgan fingerprint density at radius 3 is 2.64 bits per heavy atom. The van der Waals surface area contributed by atoms with Gasteiger partial charge in [-0.15, -0.1) is 12.4 Å². The molecular formula is C19H27ClN4O. The predicted molar refractivity (Wildman–Crippen MR) is 103 cm³/mol. The first-order valence-corrected chi connectivity index (χ1v) is 8.57. The zero-order valence-electron chi connectivity index (χ0n) is 15.1. The van der Waals surface area contributed by atoms with Crippen LogP contribution in [0.1, 0.15) is 38.4 Å². The molecule has 0 saturated carbocycles. The van der Waals surface area contributed by atoms with Crippen molar-refractivity contribution in [2.75, 3.05) is 18.4 Å². The minimum absolute atomic E-state index is 0. The van der Waals surface area contributed by atoms with Gasteiger partial charge >= 0.3 is 0 Å². The van der Waals surface area contributed by atoms with Crippen molar-refractivity contribution in [1.82, 2.24) is 15.1 Å². The van der Waals surface area contributed by atoms with Crippen LogP contribution in [0.4, 0.5) is 5.82 Å². The highest BCUT2D eigenvalue weighted by atomic mass is 35.5. The minimum Gasteiger partial charge on any atom is -0.316 e. The van der Waals surface area contributed by atoms with Crippen LogP contribution in [0.15, 0.2) is 36.4 Å². The second-order valence-electron chi connectivity index (χ2n) is 7.49. The van der Waals surface area contributed by atoms with Crippen LogP contribution in [0.2, 0.25) is 0 Å². The van der Waals surface area contributed by atoms with E-state index in [1.165, 1.54) is 5.56 Å². The Kier molecular flexibility index (Phi) is 6.25. The van der Waals surface area contributed by atoms with Crippen molar-refractivity contribution in [3.8, 4) is 0 Å². The highest BCUT2D eigenvalue weighted by molar-refractivity contribution is 5.92. The number of nitrogens with one attached hydrogen (secondary N) is 2. The van der Waals surface area contributed by atoms with Gasteiger partial charge in [-0.1, -0.05) is 51.1 Å². The summed E-state index contributed by atoms with van der Waals surface area (Å²) in [6, 6.07) is 12.2. The molecule has 2 N–H and O–H groups in total. The summed E-state index contributed by atoms with van der Waals surface area (Å²) >= 11 is 0. The predicted octanol–water partition coefficient (Wildman–Crippen LogP) is 3.20.